The van der Waals surface area contributed by atoms with Crippen molar-refractivity contribution in [3.63, 3.8) is 0 Å². The number of aliphatic carboxylic acids is 1. The highest BCUT2D eigenvalue weighted by Crippen LogP contribution is 2.28. The SMILES string of the molecule is Cc1cc(Br)c(S(=O)(=O)NCCOCC(=O)O)cc1Br. The van der Waals surface area contributed by atoms with Crippen molar-refractivity contribution in [3.05, 3.63) is 26.6 Å². The zero-order valence-corrected chi connectivity index (χ0v) is 14.5. The van der Waals surface area contributed by atoms with Crippen LogP contribution in [0.4, 0.5) is 0 Å². The van der Waals surface area contributed by atoms with Crippen LogP contribution in [0.1, 0.15) is 5.56 Å². The molecule has 9 heteroatoms. The molecule has 2 N–H and O–H groups in total. The number of ether oxygens (including phenoxy) is 1. The Bertz CT molecular complexity index is 603. The van der Waals surface area contributed by atoms with Gasteiger partial charge in [-0.3, -0.25) is 0 Å². The monoisotopic (exact) mass is 429 g/mol. The summed E-state index contributed by atoms with van der Waals surface area (Å²) in [6.07, 6.45) is 0. The molecular weight excluding hydrogens is 418 g/mol. The summed E-state index contributed by atoms with van der Waals surface area (Å²) in [5.41, 5.74) is 0.903. The molecule has 0 saturated heterocycles. The first-order valence-electron chi connectivity index (χ1n) is 5.49. The van der Waals surface area contributed by atoms with E-state index in [1.165, 1.54) is 6.07 Å². The van der Waals surface area contributed by atoms with E-state index in [-0.39, 0.29) is 18.0 Å². The van der Waals surface area contributed by atoms with Crippen LogP contribution in [0.3, 0.4) is 0 Å². The molecule has 0 aliphatic rings. The first-order chi connectivity index (χ1) is 9.24. The molecule has 20 heavy (non-hydrogen) atoms. The van der Waals surface area contributed by atoms with Crippen molar-refractivity contribution in [1.82, 2.24) is 4.72 Å². The van der Waals surface area contributed by atoms with E-state index in [1.54, 1.807) is 6.07 Å². The van der Waals surface area contributed by atoms with Gasteiger partial charge >= 0.3 is 5.97 Å². The molecule has 1 rings (SSSR count). The number of nitrogens with one attached hydrogen (secondary N) is 1. The van der Waals surface area contributed by atoms with Crippen LogP contribution in [-0.2, 0) is 19.6 Å². The van der Waals surface area contributed by atoms with E-state index in [2.05, 4.69) is 36.6 Å². The Kier molecular flexibility index (Phi) is 6.59. The van der Waals surface area contributed by atoms with E-state index in [9.17, 15) is 13.2 Å². The van der Waals surface area contributed by atoms with Gasteiger partial charge in [0.1, 0.15) is 6.61 Å². The molecule has 0 spiro atoms. The molecule has 0 bridgehead atoms. The van der Waals surface area contributed by atoms with Crippen LogP contribution in [0.25, 0.3) is 0 Å². The topological polar surface area (TPSA) is 92.7 Å². The van der Waals surface area contributed by atoms with E-state index in [0.717, 1.165) is 5.56 Å². The molecule has 112 valence electrons. The summed E-state index contributed by atoms with van der Waals surface area (Å²) in [5.74, 6) is -1.10. The number of benzene rings is 1. The molecule has 0 aliphatic heterocycles. The molecule has 1 aromatic carbocycles. The number of carboxylic acid groups (broad SMARTS) is 1. The predicted octanol–water partition coefficient (Wildman–Crippen LogP) is 1.90. The lowest BCUT2D eigenvalue weighted by Gasteiger charge is -2.10. The smallest absolute Gasteiger partial charge is 0.329 e. The van der Waals surface area contributed by atoms with Gasteiger partial charge in [-0.25, -0.2) is 17.9 Å². The van der Waals surface area contributed by atoms with Gasteiger partial charge in [0.2, 0.25) is 10.0 Å². The minimum atomic E-state index is -3.69. The Labute approximate surface area is 133 Å². The second-order valence-corrected chi connectivity index (χ2v) is 7.32. The molecular formula is C11H13Br2NO5S. The van der Waals surface area contributed by atoms with Crippen LogP contribution in [0.2, 0.25) is 0 Å². The van der Waals surface area contributed by atoms with E-state index in [1.807, 2.05) is 6.92 Å². The average Bonchev–Trinajstić information content (AvgIpc) is 2.32. The van der Waals surface area contributed by atoms with Gasteiger partial charge in [0.15, 0.2) is 0 Å². The number of hydrogen-bond acceptors (Lipinski definition) is 4. The third-order valence-corrected chi connectivity index (χ3v) is 5.54. The second kappa shape index (κ2) is 7.51. The van der Waals surface area contributed by atoms with Crippen molar-refractivity contribution in [2.24, 2.45) is 0 Å². The third kappa shape index (κ3) is 5.13. The third-order valence-electron chi connectivity index (χ3n) is 2.27. The molecule has 0 unspecified atom stereocenters. The summed E-state index contributed by atoms with van der Waals surface area (Å²) in [7, 11) is -3.69. The van der Waals surface area contributed by atoms with Gasteiger partial charge in [-0.2, -0.15) is 0 Å². The van der Waals surface area contributed by atoms with E-state index in [4.69, 9.17) is 9.84 Å². The fourth-order valence-electron chi connectivity index (χ4n) is 1.32. The minimum absolute atomic E-state index is 0.00640. The summed E-state index contributed by atoms with van der Waals surface area (Å²) in [6.45, 7) is 1.36. The summed E-state index contributed by atoms with van der Waals surface area (Å²) in [5, 5.41) is 8.37. The zero-order chi connectivity index (χ0) is 15.3. The molecule has 0 atom stereocenters. The molecule has 0 saturated carbocycles. The number of carbonyl (C=O) groups is 1. The van der Waals surface area contributed by atoms with Crippen LogP contribution >= 0.6 is 31.9 Å². The van der Waals surface area contributed by atoms with Crippen molar-refractivity contribution in [2.45, 2.75) is 11.8 Å². The molecule has 0 amide bonds. The van der Waals surface area contributed by atoms with Crippen LogP contribution in [-0.4, -0.2) is 39.3 Å². The number of hydrogen-bond donors (Lipinski definition) is 2. The molecule has 0 aromatic heterocycles. The summed E-state index contributed by atoms with van der Waals surface area (Å²) in [4.78, 5) is 10.3. The maximum absolute atomic E-state index is 12.1. The number of halogens is 2. The summed E-state index contributed by atoms with van der Waals surface area (Å²) >= 11 is 6.49. The van der Waals surface area contributed by atoms with E-state index >= 15 is 0 Å². The Balaban J connectivity index is 2.70. The average molecular weight is 431 g/mol. The Morgan fingerprint density at radius 2 is 2.00 bits per heavy atom. The quantitative estimate of drug-likeness (QED) is 0.644. The van der Waals surface area contributed by atoms with E-state index in [0.29, 0.717) is 8.95 Å². The van der Waals surface area contributed by atoms with Crippen molar-refractivity contribution in [2.75, 3.05) is 19.8 Å². The summed E-state index contributed by atoms with van der Waals surface area (Å²) < 4.78 is 32.4. The standard InChI is InChI=1S/C11H13Br2NO5S/c1-7-4-9(13)10(5-8(7)12)20(17,18)14-2-3-19-6-11(15)16/h4-5,14H,2-3,6H2,1H3,(H,15,16). The maximum atomic E-state index is 12.1. The van der Waals surface area contributed by atoms with Crippen LogP contribution in [0.15, 0.2) is 26.0 Å². The summed E-state index contributed by atoms with van der Waals surface area (Å²) in [6, 6.07) is 3.19. The Morgan fingerprint density at radius 1 is 1.35 bits per heavy atom. The minimum Gasteiger partial charge on any atom is -0.480 e. The highest BCUT2D eigenvalue weighted by atomic mass is 79.9. The molecule has 0 fully saturated rings. The lowest BCUT2D eigenvalue weighted by Crippen LogP contribution is -2.28. The zero-order valence-electron chi connectivity index (χ0n) is 10.5. The number of sulfonamides is 1. The van der Waals surface area contributed by atoms with Gasteiger partial charge in [0.25, 0.3) is 0 Å². The molecule has 0 heterocycles. The van der Waals surface area contributed by atoms with Gasteiger partial charge in [0, 0.05) is 15.5 Å². The number of aryl methyl sites for hydroxylation is 1. The molecule has 0 aliphatic carbocycles. The second-order valence-electron chi connectivity index (χ2n) is 3.88. The Hall–Kier alpha value is -0.480. The van der Waals surface area contributed by atoms with Crippen molar-refractivity contribution < 1.29 is 23.1 Å². The lowest BCUT2D eigenvalue weighted by atomic mass is 10.2. The first kappa shape index (κ1) is 17.6. The normalized spacial score (nSPS) is 11.6. The van der Waals surface area contributed by atoms with Gasteiger partial charge in [-0.1, -0.05) is 15.9 Å². The van der Waals surface area contributed by atoms with Gasteiger partial charge < -0.3 is 9.84 Å². The van der Waals surface area contributed by atoms with Gasteiger partial charge in [-0.05, 0) is 40.5 Å². The highest BCUT2D eigenvalue weighted by Gasteiger charge is 2.18. The fraction of sp³-hybridized carbons (Fsp3) is 0.364. The maximum Gasteiger partial charge on any atom is 0.329 e. The molecule has 0 radical (unpaired) electrons. The van der Waals surface area contributed by atoms with Crippen molar-refractivity contribution >= 4 is 47.9 Å². The fourth-order valence-corrected chi connectivity index (χ4v) is 4.01. The largest absolute Gasteiger partial charge is 0.480 e. The van der Waals surface area contributed by atoms with E-state index < -0.39 is 22.6 Å². The lowest BCUT2D eigenvalue weighted by molar-refractivity contribution is -0.142. The first-order valence-corrected chi connectivity index (χ1v) is 8.56. The number of carboxylic acids is 1. The highest BCUT2D eigenvalue weighted by molar-refractivity contribution is 9.11. The van der Waals surface area contributed by atoms with Gasteiger partial charge in [0.05, 0.1) is 11.5 Å². The van der Waals surface area contributed by atoms with Crippen LogP contribution in [0, 0.1) is 6.92 Å². The number of rotatable bonds is 7. The van der Waals surface area contributed by atoms with Crippen molar-refractivity contribution in [3.8, 4) is 0 Å². The molecule has 6 nitrogen and oxygen atoms in total. The molecule has 1 aromatic rings. The Morgan fingerprint density at radius 3 is 2.60 bits per heavy atom. The van der Waals surface area contributed by atoms with Crippen LogP contribution < -0.4 is 4.72 Å². The van der Waals surface area contributed by atoms with Gasteiger partial charge in [-0.15, -0.1) is 0 Å². The predicted molar refractivity (Wildman–Crippen MR) is 80.2 cm³/mol. The van der Waals surface area contributed by atoms with Crippen LogP contribution in [0.5, 0.6) is 0 Å². The van der Waals surface area contributed by atoms with Crippen molar-refractivity contribution in [1.29, 1.82) is 0 Å².